The van der Waals surface area contributed by atoms with Crippen LogP contribution in [0.25, 0.3) is 10.9 Å². The number of esters is 1. The molecule has 0 spiro atoms. The van der Waals surface area contributed by atoms with Gasteiger partial charge in [0.2, 0.25) is 0 Å². The van der Waals surface area contributed by atoms with E-state index in [1.54, 1.807) is 67.1 Å². The molecule has 0 bridgehead atoms. The monoisotopic (exact) mass is 509 g/mol. The summed E-state index contributed by atoms with van der Waals surface area (Å²) in [6, 6.07) is 16.4. The van der Waals surface area contributed by atoms with Gasteiger partial charge in [0, 0.05) is 23.3 Å². The topological polar surface area (TPSA) is 138 Å². The maximum Gasteiger partial charge on any atom is 0.338 e. The van der Waals surface area contributed by atoms with Crippen molar-refractivity contribution in [3.8, 4) is 17.6 Å². The Kier molecular flexibility index (Phi) is 6.91. The predicted octanol–water partition coefficient (Wildman–Crippen LogP) is 3.87. The van der Waals surface area contributed by atoms with Gasteiger partial charge in [-0.1, -0.05) is 24.3 Å². The smallest absolute Gasteiger partial charge is 0.338 e. The van der Waals surface area contributed by atoms with E-state index < -0.39 is 18.0 Å². The summed E-state index contributed by atoms with van der Waals surface area (Å²) < 4.78 is 17.0. The highest BCUT2D eigenvalue weighted by Crippen LogP contribution is 2.33. The van der Waals surface area contributed by atoms with E-state index in [-0.39, 0.29) is 24.5 Å². The van der Waals surface area contributed by atoms with Gasteiger partial charge in [-0.15, -0.1) is 0 Å². The zero-order valence-electron chi connectivity index (χ0n) is 20.4. The second-order valence-corrected chi connectivity index (χ2v) is 8.42. The fourth-order valence-electron chi connectivity index (χ4n) is 4.28. The van der Waals surface area contributed by atoms with Gasteiger partial charge < -0.3 is 29.8 Å². The van der Waals surface area contributed by atoms with Crippen LogP contribution in [0, 0.1) is 11.3 Å². The predicted molar refractivity (Wildman–Crippen MR) is 137 cm³/mol. The molecule has 0 radical (unpaired) electrons. The number of aromatic nitrogens is 2. The number of nitrogens with zero attached hydrogens (tertiary/aromatic N) is 2. The van der Waals surface area contributed by atoms with E-state index in [2.05, 4.69) is 26.7 Å². The highest BCUT2D eigenvalue weighted by Gasteiger charge is 2.35. The van der Waals surface area contributed by atoms with Crippen molar-refractivity contribution >= 4 is 22.9 Å². The minimum absolute atomic E-state index is 0.0586. The number of rotatable bonds is 8. The van der Waals surface area contributed by atoms with Gasteiger partial charge in [0.15, 0.2) is 11.5 Å². The molecule has 1 aliphatic rings. The van der Waals surface area contributed by atoms with Crippen LogP contribution in [0.2, 0.25) is 0 Å². The molecule has 10 nitrogen and oxygen atoms in total. The van der Waals surface area contributed by atoms with Crippen molar-refractivity contribution in [1.29, 1.82) is 5.26 Å². The Labute approximate surface area is 217 Å². The minimum atomic E-state index is -0.825. The largest absolute Gasteiger partial charge is 0.493 e. The van der Waals surface area contributed by atoms with Gasteiger partial charge in [0.1, 0.15) is 13.2 Å². The molecule has 2 amide bonds. The van der Waals surface area contributed by atoms with E-state index in [1.165, 1.54) is 7.11 Å². The Morgan fingerprint density at radius 2 is 1.95 bits per heavy atom. The van der Waals surface area contributed by atoms with Crippen LogP contribution in [0.5, 0.6) is 11.5 Å². The average molecular weight is 510 g/mol. The number of hydrogen-bond acceptors (Lipinski definition) is 7. The molecule has 3 heterocycles. The molecule has 10 heteroatoms. The number of nitriles is 1. The van der Waals surface area contributed by atoms with Crippen molar-refractivity contribution < 1.29 is 23.8 Å². The minimum Gasteiger partial charge on any atom is -0.493 e. The maximum atomic E-state index is 13.6. The number of benzene rings is 2. The van der Waals surface area contributed by atoms with Crippen LogP contribution in [0.1, 0.15) is 22.7 Å². The summed E-state index contributed by atoms with van der Waals surface area (Å²) >= 11 is 0. The first kappa shape index (κ1) is 24.4. The first-order chi connectivity index (χ1) is 18.6. The zero-order chi connectivity index (χ0) is 26.5. The van der Waals surface area contributed by atoms with E-state index in [9.17, 15) is 14.9 Å². The lowest BCUT2D eigenvalue weighted by molar-refractivity contribution is -0.140. The van der Waals surface area contributed by atoms with Gasteiger partial charge in [0.25, 0.3) is 0 Å². The highest BCUT2D eigenvalue weighted by atomic mass is 16.5. The molecule has 1 aliphatic heterocycles. The number of nitrogens with one attached hydrogen (secondary N) is 3. The van der Waals surface area contributed by atoms with Crippen molar-refractivity contribution in [2.45, 2.75) is 12.6 Å². The van der Waals surface area contributed by atoms with Gasteiger partial charge in [-0.05, 0) is 35.9 Å². The Bertz CT molecular complexity index is 1590. The fraction of sp³-hybridized carbons (Fsp3) is 0.143. The average Bonchev–Trinajstić information content (AvgIpc) is 3.39. The molecule has 0 fully saturated rings. The summed E-state index contributed by atoms with van der Waals surface area (Å²) in [5, 5.41) is 15.5. The number of urea groups is 1. The van der Waals surface area contributed by atoms with E-state index in [0.717, 1.165) is 10.9 Å². The molecule has 1 atom stereocenters. The number of fused-ring (bicyclic) bond motifs is 1. The van der Waals surface area contributed by atoms with E-state index in [1.807, 2.05) is 6.07 Å². The Morgan fingerprint density at radius 3 is 2.76 bits per heavy atom. The summed E-state index contributed by atoms with van der Waals surface area (Å²) in [7, 11) is 1.53. The molecular weight excluding hydrogens is 486 g/mol. The standard InChI is InChI=1S/C28H23N5O5/c1-36-23-7-2-3-8-24(23)37-16-22-25(27(34)38-15-18-6-4-5-17(11-18)12-29)26(33-28(35)32-22)20-13-31-21-14-30-10-9-19(20)21/h2-11,13-14,26,31H,15-16H2,1H3,(H2,32,33,35). The summed E-state index contributed by atoms with van der Waals surface area (Å²) in [5.41, 5.74) is 2.99. The Morgan fingerprint density at radius 1 is 1.11 bits per heavy atom. The van der Waals surface area contributed by atoms with Crippen LogP contribution in [0.4, 0.5) is 4.79 Å². The molecule has 5 rings (SSSR count). The lowest BCUT2D eigenvalue weighted by Gasteiger charge is -2.29. The van der Waals surface area contributed by atoms with Crippen LogP contribution < -0.4 is 20.1 Å². The highest BCUT2D eigenvalue weighted by molar-refractivity contribution is 5.97. The van der Waals surface area contributed by atoms with Crippen molar-refractivity contribution in [3.63, 3.8) is 0 Å². The maximum absolute atomic E-state index is 13.6. The third kappa shape index (κ3) is 4.99. The van der Waals surface area contributed by atoms with Gasteiger partial charge >= 0.3 is 12.0 Å². The summed E-state index contributed by atoms with van der Waals surface area (Å²) in [6.07, 6.45) is 5.03. The molecule has 38 heavy (non-hydrogen) atoms. The Hall–Kier alpha value is -5.30. The van der Waals surface area contributed by atoms with Gasteiger partial charge in [0.05, 0.1) is 47.8 Å². The SMILES string of the molecule is COc1ccccc1OCC1=C(C(=O)OCc2cccc(C#N)c2)C(c2c[nH]c3cnccc23)NC(=O)N1. The molecule has 3 N–H and O–H groups in total. The molecule has 0 saturated carbocycles. The molecule has 2 aromatic carbocycles. The van der Waals surface area contributed by atoms with Crippen LogP contribution >= 0.6 is 0 Å². The lowest BCUT2D eigenvalue weighted by Crippen LogP contribution is -2.47. The molecular formula is C28H23N5O5. The molecule has 0 saturated heterocycles. The number of carbonyl (C=O) groups excluding carboxylic acids is 2. The number of amides is 2. The number of ether oxygens (including phenoxy) is 3. The fourth-order valence-corrected chi connectivity index (χ4v) is 4.28. The number of methoxy groups -OCH3 is 1. The van der Waals surface area contributed by atoms with E-state index in [4.69, 9.17) is 14.2 Å². The van der Waals surface area contributed by atoms with Crippen molar-refractivity contribution in [2.24, 2.45) is 0 Å². The van der Waals surface area contributed by atoms with Crippen LogP contribution in [-0.2, 0) is 16.1 Å². The normalized spacial score (nSPS) is 14.8. The van der Waals surface area contributed by atoms with Crippen LogP contribution in [-0.4, -0.2) is 35.7 Å². The third-order valence-electron chi connectivity index (χ3n) is 6.07. The summed E-state index contributed by atoms with van der Waals surface area (Å²) in [4.78, 5) is 33.6. The number of carbonyl (C=O) groups is 2. The molecule has 1 unspecified atom stereocenters. The van der Waals surface area contributed by atoms with Crippen LogP contribution in [0.15, 0.2) is 84.5 Å². The summed E-state index contributed by atoms with van der Waals surface area (Å²) in [5.74, 6) is 0.313. The molecule has 190 valence electrons. The van der Waals surface area contributed by atoms with E-state index in [0.29, 0.717) is 28.2 Å². The van der Waals surface area contributed by atoms with Crippen molar-refractivity contribution in [3.05, 3.63) is 101 Å². The second kappa shape index (κ2) is 10.8. The third-order valence-corrected chi connectivity index (χ3v) is 6.07. The van der Waals surface area contributed by atoms with Gasteiger partial charge in [-0.2, -0.15) is 5.26 Å². The quantitative estimate of drug-likeness (QED) is 0.307. The molecule has 2 aromatic heterocycles. The number of aromatic amines is 1. The van der Waals surface area contributed by atoms with Crippen LogP contribution in [0.3, 0.4) is 0 Å². The second-order valence-electron chi connectivity index (χ2n) is 8.42. The number of H-pyrrole nitrogens is 1. The van der Waals surface area contributed by atoms with Gasteiger partial charge in [-0.25, -0.2) is 9.59 Å². The number of hydrogen-bond donors (Lipinski definition) is 3. The lowest BCUT2D eigenvalue weighted by atomic mass is 9.95. The van der Waals surface area contributed by atoms with Gasteiger partial charge in [-0.3, -0.25) is 4.98 Å². The molecule has 0 aliphatic carbocycles. The van der Waals surface area contributed by atoms with Crippen molar-refractivity contribution in [1.82, 2.24) is 20.6 Å². The number of para-hydroxylation sites is 2. The molecule has 4 aromatic rings. The number of pyridine rings is 1. The Balaban J connectivity index is 1.51. The first-order valence-corrected chi connectivity index (χ1v) is 11.7. The zero-order valence-corrected chi connectivity index (χ0v) is 20.4. The first-order valence-electron chi connectivity index (χ1n) is 11.7. The van der Waals surface area contributed by atoms with E-state index >= 15 is 0 Å². The summed E-state index contributed by atoms with van der Waals surface area (Å²) in [6.45, 7) is -0.181. The van der Waals surface area contributed by atoms with Crippen molar-refractivity contribution in [2.75, 3.05) is 13.7 Å².